The van der Waals surface area contributed by atoms with Gasteiger partial charge in [0.15, 0.2) is 5.82 Å². The zero-order valence-corrected chi connectivity index (χ0v) is 14.4. The average Bonchev–Trinajstić information content (AvgIpc) is 3.05. The summed E-state index contributed by atoms with van der Waals surface area (Å²) in [5, 5.41) is 5.38. The normalized spacial score (nSPS) is 11.4. The minimum Gasteiger partial charge on any atom is -0.271 e. The van der Waals surface area contributed by atoms with Crippen LogP contribution in [0.4, 0.5) is 0 Å². The van der Waals surface area contributed by atoms with E-state index in [2.05, 4.69) is 40.2 Å². The Hall–Kier alpha value is -2.95. The molecule has 0 aliphatic rings. The molecule has 4 rings (SSSR count). The summed E-state index contributed by atoms with van der Waals surface area (Å²) in [6.45, 7) is 4.01. The molecule has 0 saturated carbocycles. The van der Waals surface area contributed by atoms with E-state index in [0.717, 1.165) is 46.9 Å². The number of hydrogen-bond acceptors (Lipinski definition) is 3. The second kappa shape index (κ2) is 6.16. The van der Waals surface area contributed by atoms with Gasteiger partial charge in [0, 0.05) is 11.1 Å². The van der Waals surface area contributed by atoms with Gasteiger partial charge in [-0.2, -0.15) is 9.50 Å². The third-order valence-corrected chi connectivity index (χ3v) is 4.62. The van der Waals surface area contributed by atoms with Crippen LogP contribution in [0, 0.1) is 6.92 Å². The third kappa shape index (κ3) is 2.61. The maximum absolute atomic E-state index is 12.8. The van der Waals surface area contributed by atoms with Crippen molar-refractivity contribution in [2.24, 2.45) is 0 Å². The average molecular weight is 332 g/mol. The molecule has 2 aromatic carbocycles. The monoisotopic (exact) mass is 332 g/mol. The predicted octanol–water partition coefficient (Wildman–Crippen LogP) is 3.89. The second-order valence-electron chi connectivity index (χ2n) is 6.32. The third-order valence-electron chi connectivity index (χ3n) is 4.62. The molecule has 0 fully saturated rings. The molecule has 0 atom stereocenters. The highest BCUT2D eigenvalue weighted by atomic mass is 16.1. The number of aromatic nitrogens is 4. The summed E-state index contributed by atoms with van der Waals surface area (Å²) in [4.78, 5) is 21.9. The van der Waals surface area contributed by atoms with Crippen LogP contribution in [0.3, 0.4) is 0 Å². The second-order valence-corrected chi connectivity index (χ2v) is 6.32. The van der Waals surface area contributed by atoms with Gasteiger partial charge in [-0.15, -0.1) is 0 Å². The summed E-state index contributed by atoms with van der Waals surface area (Å²) >= 11 is 0. The van der Waals surface area contributed by atoms with Crippen LogP contribution in [0.15, 0.2) is 47.3 Å². The summed E-state index contributed by atoms with van der Waals surface area (Å²) in [7, 11) is 0. The van der Waals surface area contributed by atoms with E-state index < -0.39 is 0 Å². The Kier molecular flexibility index (Phi) is 3.84. The molecule has 0 bridgehead atoms. The maximum Gasteiger partial charge on any atom is 0.277 e. The number of hydrogen-bond donors (Lipinski definition) is 1. The number of nitrogens with zero attached hydrogens (tertiary/aromatic N) is 3. The zero-order chi connectivity index (χ0) is 17.4. The van der Waals surface area contributed by atoms with E-state index in [0.29, 0.717) is 11.6 Å². The minimum absolute atomic E-state index is 0.0464. The lowest BCUT2D eigenvalue weighted by Crippen LogP contribution is -2.22. The molecule has 0 saturated heterocycles. The molecule has 0 unspecified atom stereocenters. The molecule has 5 nitrogen and oxygen atoms in total. The number of H-pyrrole nitrogens is 1. The van der Waals surface area contributed by atoms with Crippen molar-refractivity contribution in [3.8, 4) is 11.4 Å². The van der Waals surface area contributed by atoms with Gasteiger partial charge < -0.3 is 0 Å². The van der Waals surface area contributed by atoms with E-state index in [4.69, 9.17) is 0 Å². The van der Waals surface area contributed by atoms with E-state index in [-0.39, 0.29) is 5.56 Å². The molecule has 126 valence electrons. The fraction of sp³-hybridized carbons (Fsp3) is 0.250. The SMILES string of the molecule is CCCCc1c(C)nc2nc(-c3cccc4ccccc34)[nH]n2c1=O. The molecule has 0 amide bonds. The van der Waals surface area contributed by atoms with Crippen molar-refractivity contribution >= 4 is 16.6 Å². The number of aryl methyl sites for hydroxylation is 1. The van der Waals surface area contributed by atoms with Crippen molar-refractivity contribution in [1.82, 2.24) is 19.6 Å². The Morgan fingerprint density at radius 1 is 1.08 bits per heavy atom. The molecule has 0 aliphatic heterocycles. The van der Waals surface area contributed by atoms with Crippen LogP contribution >= 0.6 is 0 Å². The van der Waals surface area contributed by atoms with Crippen molar-refractivity contribution in [3.05, 3.63) is 64.1 Å². The van der Waals surface area contributed by atoms with Crippen molar-refractivity contribution in [2.45, 2.75) is 33.1 Å². The molecule has 0 aliphatic carbocycles. The summed E-state index contributed by atoms with van der Waals surface area (Å²) < 4.78 is 1.47. The Balaban J connectivity index is 1.92. The van der Waals surface area contributed by atoms with Gasteiger partial charge >= 0.3 is 0 Å². The molecule has 2 aromatic heterocycles. The number of benzene rings is 2. The predicted molar refractivity (Wildman–Crippen MR) is 99.9 cm³/mol. The molecule has 1 N–H and O–H groups in total. The van der Waals surface area contributed by atoms with Crippen LogP contribution in [-0.2, 0) is 6.42 Å². The molecule has 2 heterocycles. The lowest BCUT2D eigenvalue weighted by molar-refractivity contribution is 0.759. The quantitative estimate of drug-likeness (QED) is 0.617. The molecular weight excluding hydrogens is 312 g/mol. The number of aromatic amines is 1. The van der Waals surface area contributed by atoms with E-state index >= 15 is 0 Å². The summed E-state index contributed by atoms with van der Waals surface area (Å²) in [5.41, 5.74) is 2.47. The first-order valence-corrected chi connectivity index (χ1v) is 8.65. The summed E-state index contributed by atoms with van der Waals surface area (Å²) in [6.07, 6.45) is 2.78. The van der Waals surface area contributed by atoms with Crippen LogP contribution in [0.5, 0.6) is 0 Å². The number of fused-ring (bicyclic) bond motifs is 2. The molecule has 4 aromatic rings. The zero-order valence-electron chi connectivity index (χ0n) is 14.4. The van der Waals surface area contributed by atoms with Gasteiger partial charge in [-0.1, -0.05) is 55.8 Å². The fourth-order valence-corrected chi connectivity index (χ4v) is 3.25. The first kappa shape index (κ1) is 15.6. The summed E-state index contributed by atoms with van der Waals surface area (Å²) in [6, 6.07) is 14.2. The molecule has 0 radical (unpaired) electrons. The van der Waals surface area contributed by atoms with Crippen molar-refractivity contribution in [1.29, 1.82) is 0 Å². The van der Waals surface area contributed by atoms with Gasteiger partial charge in [-0.05, 0) is 30.5 Å². The standard InChI is InChI=1S/C20H20N4O/c1-3-4-10-15-13(2)21-20-22-18(23-24(20)19(15)25)17-12-7-9-14-8-5-6-11-16(14)17/h5-9,11-12H,3-4,10H2,1-2H3,(H,21,22,23). The number of unbranched alkanes of at least 4 members (excludes halogenated alkanes) is 1. The molecule has 25 heavy (non-hydrogen) atoms. The largest absolute Gasteiger partial charge is 0.277 e. The van der Waals surface area contributed by atoms with Gasteiger partial charge in [-0.3, -0.25) is 9.89 Å². The lowest BCUT2D eigenvalue weighted by atomic mass is 10.0. The number of nitrogens with one attached hydrogen (secondary N) is 1. The molecular formula is C20H20N4O. The Morgan fingerprint density at radius 3 is 2.72 bits per heavy atom. The highest BCUT2D eigenvalue weighted by Crippen LogP contribution is 2.26. The van der Waals surface area contributed by atoms with Crippen LogP contribution in [0.25, 0.3) is 27.9 Å². The van der Waals surface area contributed by atoms with E-state index in [1.807, 2.05) is 31.2 Å². The van der Waals surface area contributed by atoms with Gasteiger partial charge in [0.1, 0.15) is 0 Å². The highest BCUT2D eigenvalue weighted by molar-refractivity contribution is 5.95. The van der Waals surface area contributed by atoms with Gasteiger partial charge in [-0.25, -0.2) is 4.98 Å². The van der Waals surface area contributed by atoms with E-state index in [1.54, 1.807) is 0 Å². The number of rotatable bonds is 4. The van der Waals surface area contributed by atoms with Crippen LogP contribution in [0.1, 0.15) is 31.0 Å². The van der Waals surface area contributed by atoms with Crippen LogP contribution in [0.2, 0.25) is 0 Å². The van der Waals surface area contributed by atoms with Crippen molar-refractivity contribution in [2.75, 3.05) is 0 Å². The highest BCUT2D eigenvalue weighted by Gasteiger charge is 2.14. The van der Waals surface area contributed by atoms with Crippen molar-refractivity contribution < 1.29 is 0 Å². The van der Waals surface area contributed by atoms with Crippen LogP contribution in [-0.4, -0.2) is 19.6 Å². The first-order chi connectivity index (χ1) is 12.2. The Morgan fingerprint density at radius 2 is 1.88 bits per heavy atom. The fourth-order valence-electron chi connectivity index (χ4n) is 3.25. The maximum atomic E-state index is 12.8. The Labute approximate surface area is 145 Å². The van der Waals surface area contributed by atoms with Gasteiger partial charge in [0.2, 0.25) is 0 Å². The topological polar surface area (TPSA) is 63.1 Å². The molecule has 0 spiro atoms. The van der Waals surface area contributed by atoms with E-state index in [1.165, 1.54) is 4.52 Å². The van der Waals surface area contributed by atoms with E-state index in [9.17, 15) is 4.79 Å². The van der Waals surface area contributed by atoms with Gasteiger partial charge in [0.25, 0.3) is 11.3 Å². The minimum atomic E-state index is -0.0464. The van der Waals surface area contributed by atoms with Crippen LogP contribution < -0.4 is 5.56 Å². The summed E-state index contributed by atoms with van der Waals surface area (Å²) in [5.74, 6) is 1.08. The lowest BCUT2D eigenvalue weighted by Gasteiger charge is -2.03. The Bertz CT molecular complexity index is 1120. The first-order valence-electron chi connectivity index (χ1n) is 8.65. The van der Waals surface area contributed by atoms with Gasteiger partial charge in [0.05, 0.1) is 5.69 Å². The molecule has 5 heteroatoms. The smallest absolute Gasteiger partial charge is 0.271 e. The van der Waals surface area contributed by atoms with Crippen molar-refractivity contribution in [3.63, 3.8) is 0 Å².